The van der Waals surface area contributed by atoms with E-state index in [2.05, 4.69) is 31.7 Å². The SMILES string of the molecule is CCN(Cc1cc(Cl)cc(Cl)c1)C1CCCN(c2nc3nc(Cl)ccc3[nH]2)C1. The van der Waals surface area contributed by atoms with Crippen molar-refractivity contribution >= 4 is 51.9 Å². The largest absolute Gasteiger partial charge is 0.341 e. The van der Waals surface area contributed by atoms with E-state index in [1.54, 1.807) is 12.1 Å². The third-order valence-corrected chi connectivity index (χ3v) is 5.87. The topological polar surface area (TPSA) is 48.1 Å². The molecule has 28 heavy (non-hydrogen) atoms. The van der Waals surface area contributed by atoms with Crippen molar-refractivity contribution in [2.24, 2.45) is 0 Å². The molecule has 0 spiro atoms. The number of nitrogens with zero attached hydrogens (tertiary/aromatic N) is 4. The Morgan fingerprint density at radius 3 is 2.68 bits per heavy atom. The average Bonchev–Trinajstić information content (AvgIpc) is 3.08. The van der Waals surface area contributed by atoms with E-state index in [0.717, 1.165) is 56.0 Å². The lowest BCUT2D eigenvalue weighted by Gasteiger charge is -2.39. The number of hydrogen-bond donors (Lipinski definition) is 1. The van der Waals surface area contributed by atoms with Gasteiger partial charge in [0, 0.05) is 35.7 Å². The molecule has 2 aromatic heterocycles. The van der Waals surface area contributed by atoms with Gasteiger partial charge in [0.05, 0.1) is 5.52 Å². The zero-order chi connectivity index (χ0) is 19.7. The molecule has 0 saturated carbocycles. The number of piperidine rings is 1. The highest BCUT2D eigenvalue weighted by atomic mass is 35.5. The summed E-state index contributed by atoms with van der Waals surface area (Å²) < 4.78 is 0. The number of pyridine rings is 1. The molecule has 3 heterocycles. The van der Waals surface area contributed by atoms with Crippen molar-refractivity contribution in [1.29, 1.82) is 0 Å². The second-order valence-corrected chi connectivity index (χ2v) is 8.41. The molecule has 1 atom stereocenters. The molecule has 3 aromatic rings. The van der Waals surface area contributed by atoms with Gasteiger partial charge in [-0.25, -0.2) is 4.98 Å². The Hall–Kier alpha value is -1.53. The van der Waals surface area contributed by atoms with Crippen molar-refractivity contribution in [2.75, 3.05) is 24.5 Å². The molecular weight excluding hydrogens is 417 g/mol. The summed E-state index contributed by atoms with van der Waals surface area (Å²) in [6.07, 6.45) is 2.27. The number of anilines is 1. The standard InChI is InChI=1S/C20H22Cl3N5/c1-2-27(11-13-8-14(21)10-15(22)9-13)16-4-3-7-28(12-16)20-24-17-5-6-18(23)25-19(17)26-20/h5-6,8-10,16H,2-4,7,11-12H2,1H3,(H,24,25,26). The highest BCUT2D eigenvalue weighted by molar-refractivity contribution is 6.34. The Morgan fingerprint density at radius 1 is 1.14 bits per heavy atom. The summed E-state index contributed by atoms with van der Waals surface area (Å²) in [5.41, 5.74) is 2.70. The lowest BCUT2D eigenvalue weighted by atomic mass is 10.0. The van der Waals surface area contributed by atoms with Gasteiger partial charge >= 0.3 is 0 Å². The maximum absolute atomic E-state index is 6.18. The van der Waals surface area contributed by atoms with Crippen LogP contribution in [0.25, 0.3) is 11.2 Å². The fourth-order valence-corrected chi connectivity index (χ4v) is 4.60. The summed E-state index contributed by atoms with van der Waals surface area (Å²) in [5, 5.41) is 1.81. The van der Waals surface area contributed by atoms with Crippen molar-refractivity contribution in [1.82, 2.24) is 19.9 Å². The van der Waals surface area contributed by atoms with Crippen LogP contribution in [0.5, 0.6) is 0 Å². The summed E-state index contributed by atoms with van der Waals surface area (Å²) in [7, 11) is 0. The molecule has 1 unspecified atom stereocenters. The second-order valence-electron chi connectivity index (χ2n) is 7.15. The number of hydrogen-bond acceptors (Lipinski definition) is 4. The molecule has 0 amide bonds. The summed E-state index contributed by atoms with van der Waals surface area (Å²) in [6.45, 7) is 5.87. The van der Waals surface area contributed by atoms with E-state index in [1.165, 1.54) is 0 Å². The molecule has 1 saturated heterocycles. The number of nitrogens with one attached hydrogen (secondary N) is 1. The average molecular weight is 439 g/mol. The van der Waals surface area contributed by atoms with Crippen molar-refractivity contribution < 1.29 is 0 Å². The van der Waals surface area contributed by atoms with Gasteiger partial charge < -0.3 is 9.88 Å². The maximum Gasteiger partial charge on any atom is 0.205 e. The first-order chi connectivity index (χ1) is 13.5. The Bertz CT molecular complexity index is 953. The highest BCUT2D eigenvalue weighted by Gasteiger charge is 2.26. The molecule has 1 aliphatic rings. The summed E-state index contributed by atoms with van der Waals surface area (Å²) in [6, 6.07) is 9.88. The molecule has 8 heteroatoms. The predicted octanol–water partition coefficient (Wildman–Crippen LogP) is 5.41. The molecule has 0 radical (unpaired) electrons. The fourth-order valence-electron chi connectivity index (χ4n) is 3.89. The Kier molecular flexibility index (Phi) is 5.97. The van der Waals surface area contributed by atoms with Gasteiger partial charge in [0.1, 0.15) is 5.15 Å². The minimum absolute atomic E-state index is 0.432. The summed E-state index contributed by atoms with van der Waals surface area (Å²) in [4.78, 5) is 17.1. The summed E-state index contributed by atoms with van der Waals surface area (Å²) in [5.74, 6) is 0.858. The van der Waals surface area contributed by atoms with E-state index in [-0.39, 0.29) is 0 Å². The van der Waals surface area contributed by atoms with E-state index < -0.39 is 0 Å². The van der Waals surface area contributed by atoms with Crippen LogP contribution >= 0.6 is 34.8 Å². The van der Waals surface area contributed by atoms with Crippen molar-refractivity contribution in [2.45, 2.75) is 32.4 Å². The predicted molar refractivity (Wildman–Crippen MR) is 117 cm³/mol. The maximum atomic E-state index is 6.18. The number of halogens is 3. The van der Waals surface area contributed by atoms with Crippen LogP contribution in [-0.2, 0) is 6.54 Å². The number of aromatic nitrogens is 3. The van der Waals surface area contributed by atoms with E-state index in [0.29, 0.717) is 26.9 Å². The molecule has 148 valence electrons. The van der Waals surface area contributed by atoms with E-state index in [1.807, 2.05) is 18.2 Å². The van der Waals surface area contributed by atoms with Gasteiger partial charge in [-0.3, -0.25) is 4.90 Å². The lowest BCUT2D eigenvalue weighted by molar-refractivity contribution is 0.175. The number of fused-ring (bicyclic) bond motifs is 1. The lowest BCUT2D eigenvalue weighted by Crippen LogP contribution is -2.48. The van der Waals surface area contributed by atoms with Crippen molar-refractivity contribution in [3.63, 3.8) is 0 Å². The Labute approximate surface area is 179 Å². The first-order valence-electron chi connectivity index (χ1n) is 9.48. The number of imidazole rings is 1. The zero-order valence-electron chi connectivity index (χ0n) is 15.6. The molecule has 4 rings (SSSR count). The van der Waals surface area contributed by atoms with Crippen LogP contribution in [0.1, 0.15) is 25.3 Å². The van der Waals surface area contributed by atoms with Gasteiger partial charge in [0.2, 0.25) is 5.95 Å². The molecule has 0 aliphatic carbocycles. The molecular formula is C20H22Cl3N5. The Morgan fingerprint density at radius 2 is 1.93 bits per heavy atom. The first kappa shape index (κ1) is 19.8. The molecule has 0 bridgehead atoms. The first-order valence-corrected chi connectivity index (χ1v) is 10.6. The van der Waals surface area contributed by atoms with Crippen molar-refractivity contribution in [3.8, 4) is 0 Å². The molecule has 1 aliphatic heterocycles. The highest BCUT2D eigenvalue weighted by Crippen LogP contribution is 2.25. The van der Waals surface area contributed by atoms with E-state index in [4.69, 9.17) is 34.8 Å². The van der Waals surface area contributed by atoms with Crippen LogP contribution in [0.3, 0.4) is 0 Å². The molecule has 1 N–H and O–H groups in total. The monoisotopic (exact) mass is 437 g/mol. The fraction of sp³-hybridized carbons (Fsp3) is 0.400. The van der Waals surface area contributed by atoms with Crippen LogP contribution in [0.4, 0.5) is 5.95 Å². The quantitative estimate of drug-likeness (QED) is 0.541. The number of H-pyrrole nitrogens is 1. The van der Waals surface area contributed by atoms with Crippen LogP contribution in [0, 0.1) is 0 Å². The molecule has 1 aromatic carbocycles. The third-order valence-electron chi connectivity index (χ3n) is 5.23. The van der Waals surface area contributed by atoms with Crippen LogP contribution < -0.4 is 4.90 Å². The third kappa shape index (κ3) is 4.38. The number of rotatable bonds is 5. The Balaban J connectivity index is 1.51. The van der Waals surface area contributed by atoms with Crippen LogP contribution in [0.2, 0.25) is 15.2 Å². The van der Waals surface area contributed by atoms with Crippen LogP contribution in [0.15, 0.2) is 30.3 Å². The number of benzene rings is 1. The van der Waals surface area contributed by atoms with Gasteiger partial charge in [-0.1, -0.05) is 41.7 Å². The van der Waals surface area contributed by atoms with E-state index >= 15 is 0 Å². The minimum Gasteiger partial charge on any atom is -0.341 e. The minimum atomic E-state index is 0.432. The van der Waals surface area contributed by atoms with E-state index in [9.17, 15) is 0 Å². The van der Waals surface area contributed by atoms with Gasteiger partial charge in [-0.15, -0.1) is 0 Å². The molecule has 1 fully saturated rings. The van der Waals surface area contributed by atoms with Gasteiger partial charge in [0.25, 0.3) is 0 Å². The normalized spacial score (nSPS) is 17.6. The van der Waals surface area contributed by atoms with Crippen LogP contribution in [-0.4, -0.2) is 45.5 Å². The van der Waals surface area contributed by atoms with Crippen molar-refractivity contribution in [3.05, 3.63) is 51.1 Å². The smallest absolute Gasteiger partial charge is 0.205 e. The van der Waals surface area contributed by atoms with Gasteiger partial charge in [-0.05, 0) is 55.3 Å². The number of likely N-dealkylation sites (N-methyl/N-ethyl adjacent to an activating group) is 1. The second kappa shape index (κ2) is 8.46. The number of aromatic amines is 1. The summed E-state index contributed by atoms with van der Waals surface area (Å²) >= 11 is 18.3. The van der Waals surface area contributed by atoms with Gasteiger partial charge in [0.15, 0.2) is 5.65 Å². The molecule has 5 nitrogen and oxygen atoms in total. The van der Waals surface area contributed by atoms with Gasteiger partial charge in [-0.2, -0.15) is 4.98 Å². The zero-order valence-corrected chi connectivity index (χ0v) is 17.9.